The largest absolute Gasteiger partial charge is 0.465 e. The monoisotopic (exact) mass is 312 g/mol. The normalized spacial score (nSPS) is 25.9. The van der Waals surface area contributed by atoms with Crippen molar-refractivity contribution in [3.8, 4) is 0 Å². The Morgan fingerprint density at radius 2 is 2.05 bits per heavy atom. The second-order valence-corrected chi connectivity index (χ2v) is 8.04. The Bertz CT molecular complexity index is 636. The standard InChI is InChI=1S/C15H24N2O3S/c1-4-16-8-14-10(2)20-11(3)15(14)21(18,19)17-9-12-5-6-13(17)7-12/h12-13,16H,4-9H2,1-3H3. The lowest BCUT2D eigenvalue weighted by Gasteiger charge is -2.26. The first-order valence-corrected chi connectivity index (χ1v) is 9.20. The van der Waals surface area contributed by atoms with Crippen LogP contribution < -0.4 is 5.32 Å². The number of hydrogen-bond donors (Lipinski definition) is 1. The van der Waals surface area contributed by atoms with Crippen LogP contribution in [-0.2, 0) is 16.6 Å². The summed E-state index contributed by atoms with van der Waals surface area (Å²) in [5.74, 6) is 1.77. The van der Waals surface area contributed by atoms with Gasteiger partial charge in [0, 0.05) is 24.7 Å². The van der Waals surface area contributed by atoms with E-state index in [2.05, 4.69) is 5.32 Å². The summed E-state index contributed by atoms with van der Waals surface area (Å²) in [5.41, 5.74) is 0.789. The molecule has 1 aromatic rings. The Labute approximate surface area is 126 Å². The van der Waals surface area contributed by atoms with E-state index in [1.807, 2.05) is 13.8 Å². The zero-order valence-corrected chi connectivity index (χ0v) is 13.8. The number of nitrogens with zero attached hydrogens (tertiary/aromatic N) is 1. The molecule has 0 radical (unpaired) electrons. The van der Waals surface area contributed by atoms with Crippen molar-refractivity contribution in [1.82, 2.24) is 9.62 Å². The van der Waals surface area contributed by atoms with Crippen molar-refractivity contribution in [3.63, 3.8) is 0 Å². The topological polar surface area (TPSA) is 62.6 Å². The maximum Gasteiger partial charge on any atom is 0.247 e. The molecular formula is C15H24N2O3S. The molecule has 2 unspecified atom stereocenters. The molecule has 2 atom stereocenters. The SMILES string of the molecule is CCNCc1c(C)oc(C)c1S(=O)(=O)N1CC2CCC1C2. The van der Waals surface area contributed by atoms with Gasteiger partial charge in [-0.3, -0.25) is 0 Å². The Balaban J connectivity index is 1.99. The molecule has 1 saturated heterocycles. The Kier molecular flexibility index (Phi) is 3.88. The van der Waals surface area contributed by atoms with E-state index in [4.69, 9.17) is 4.42 Å². The minimum atomic E-state index is -3.44. The van der Waals surface area contributed by atoms with Gasteiger partial charge in [0.2, 0.25) is 10.0 Å². The second-order valence-electron chi connectivity index (χ2n) is 6.21. The first-order chi connectivity index (χ1) is 9.95. The minimum Gasteiger partial charge on any atom is -0.465 e. The Morgan fingerprint density at radius 1 is 1.29 bits per heavy atom. The van der Waals surface area contributed by atoms with Gasteiger partial charge in [-0.15, -0.1) is 0 Å². The van der Waals surface area contributed by atoms with Crippen LogP contribution in [0.1, 0.15) is 43.3 Å². The molecule has 1 saturated carbocycles. The van der Waals surface area contributed by atoms with E-state index in [9.17, 15) is 8.42 Å². The molecular weight excluding hydrogens is 288 g/mol. The van der Waals surface area contributed by atoms with Crippen molar-refractivity contribution in [3.05, 3.63) is 17.1 Å². The van der Waals surface area contributed by atoms with E-state index < -0.39 is 10.0 Å². The number of aryl methyl sites for hydroxylation is 2. The highest BCUT2D eigenvalue weighted by Gasteiger charge is 2.46. The highest BCUT2D eigenvalue weighted by molar-refractivity contribution is 7.89. The van der Waals surface area contributed by atoms with Crippen LogP contribution >= 0.6 is 0 Å². The molecule has 3 rings (SSSR count). The van der Waals surface area contributed by atoms with Gasteiger partial charge in [0.1, 0.15) is 16.4 Å². The van der Waals surface area contributed by atoms with Crippen molar-refractivity contribution in [1.29, 1.82) is 0 Å². The molecule has 0 amide bonds. The lowest BCUT2D eigenvalue weighted by molar-refractivity contribution is 0.332. The molecule has 0 aromatic carbocycles. The fraction of sp³-hybridized carbons (Fsp3) is 0.733. The van der Waals surface area contributed by atoms with Gasteiger partial charge < -0.3 is 9.73 Å². The number of rotatable bonds is 5. The molecule has 2 heterocycles. The van der Waals surface area contributed by atoms with E-state index in [-0.39, 0.29) is 6.04 Å². The van der Waals surface area contributed by atoms with Gasteiger partial charge in [-0.2, -0.15) is 4.31 Å². The summed E-state index contributed by atoms with van der Waals surface area (Å²) in [4.78, 5) is 0.397. The van der Waals surface area contributed by atoms with Gasteiger partial charge in [-0.1, -0.05) is 6.92 Å². The quantitative estimate of drug-likeness (QED) is 0.905. The molecule has 21 heavy (non-hydrogen) atoms. The lowest BCUT2D eigenvalue weighted by Crippen LogP contribution is -2.38. The van der Waals surface area contributed by atoms with Crippen molar-refractivity contribution < 1.29 is 12.8 Å². The van der Waals surface area contributed by atoms with Crippen LogP contribution in [0.5, 0.6) is 0 Å². The zero-order chi connectivity index (χ0) is 15.2. The number of nitrogens with one attached hydrogen (secondary N) is 1. The predicted octanol–water partition coefficient (Wildman–Crippen LogP) is 2.18. The smallest absolute Gasteiger partial charge is 0.247 e. The first-order valence-electron chi connectivity index (χ1n) is 7.76. The summed E-state index contributed by atoms with van der Waals surface area (Å²) in [6.45, 7) is 7.62. The van der Waals surface area contributed by atoms with E-state index in [1.54, 1.807) is 11.2 Å². The van der Waals surface area contributed by atoms with Crippen LogP contribution in [0.25, 0.3) is 0 Å². The lowest BCUT2D eigenvalue weighted by atomic mass is 10.1. The third-order valence-corrected chi connectivity index (χ3v) is 6.92. The highest BCUT2D eigenvalue weighted by atomic mass is 32.2. The summed E-state index contributed by atoms with van der Waals surface area (Å²) in [6.07, 6.45) is 3.20. The summed E-state index contributed by atoms with van der Waals surface area (Å²) >= 11 is 0. The first kappa shape index (κ1) is 15.1. The maximum atomic E-state index is 13.1. The molecule has 5 nitrogen and oxygen atoms in total. The Hall–Kier alpha value is -0.850. The molecule has 1 N–H and O–H groups in total. The summed E-state index contributed by atoms with van der Waals surface area (Å²) in [6, 6.07) is 0.196. The van der Waals surface area contributed by atoms with Gasteiger partial charge in [0.05, 0.1) is 0 Å². The van der Waals surface area contributed by atoms with Crippen LogP contribution in [0.3, 0.4) is 0 Å². The molecule has 1 aliphatic carbocycles. The van der Waals surface area contributed by atoms with Crippen molar-refractivity contribution in [2.75, 3.05) is 13.1 Å². The van der Waals surface area contributed by atoms with Crippen LogP contribution in [0, 0.1) is 19.8 Å². The van der Waals surface area contributed by atoms with Gasteiger partial charge >= 0.3 is 0 Å². The van der Waals surface area contributed by atoms with Crippen molar-refractivity contribution >= 4 is 10.0 Å². The number of furan rings is 1. The fourth-order valence-corrected chi connectivity index (χ4v) is 5.95. The summed E-state index contributed by atoms with van der Waals surface area (Å²) < 4.78 is 33.5. The average molecular weight is 312 g/mol. The maximum absolute atomic E-state index is 13.1. The third-order valence-electron chi connectivity index (χ3n) is 4.80. The molecule has 0 spiro atoms. The fourth-order valence-electron chi connectivity index (χ4n) is 3.79. The minimum absolute atomic E-state index is 0.196. The number of piperidine rings is 1. The van der Waals surface area contributed by atoms with Gasteiger partial charge in [0.25, 0.3) is 0 Å². The highest BCUT2D eigenvalue weighted by Crippen LogP contribution is 2.42. The number of fused-ring (bicyclic) bond motifs is 2. The van der Waals surface area contributed by atoms with Crippen molar-refractivity contribution in [2.45, 2.75) is 57.5 Å². The molecule has 2 aliphatic rings. The van der Waals surface area contributed by atoms with Crippen LogP contribution in [0.15, 0.2) is 9.31 Å². The molecule has 1 aromatic heterocycles. The second kappa shape index (κ2) is 5.41. The molecule has 2 bridgehead atoms. The molecule has 6 heteroatoms. The zero-order valence-electron chi connectivity index (χ0n) is 13.0. The number of hydrogen-bond acceptors (Lipinski definition) is 4. The van der Waals surface area contributed by atoms with E-state index in [0.717, 1.165) is 24.9 Å². The third kappa shape index (κ3) is 2.43. The van der Waals surface area contributed by atoms with Crippen LogP contribution in [0.2, 0.25) is 0 Å². The summed E-state index contributed by atoms with van der Waals surface area (Å²) in [7, 11) is -3.44. The van der Waals surface area contributed by atoms with E-state index in [0.29, 0.717) is 35.4 Å². The summed E-state index contributed by atoms with van der Waals surface area (Å²) in [5, 5.41) is 3.21. The van der Waals surface area contributed by atoms with Crippen LogP contribution in [-0.4, -0.2) is 31.9 Å². The Morgan fingerprint density at radius 3 is 2.62 bits per heavy atom. The molecule has 2 fully saturated rings. The van der Waals surface area contributed by atoms with Gasteiger partial charge in [0.15, 0.2) is 0 Å². The van der Waals surface area contributed by atoms with Gasteiger partial charge in [-0.25, -0.2) is 8.42 Å². The van der Waals surface area contributed by atoms with Crippen LogP contribution in [0.4, 0.5) is 0 Å². The van der Waals surface area contributed by atoms with E-state index in [1.165, 1.54) is 6.42 Å². The number of sulfonamides is 1. The van der Waals surface area contributed by atoms with Gasteiger partial charge in [-0.05, 0) is 45.6 Å². The van der Waals surface area contributed by atoms with E-state index >= 15 is 0 Å². The van der Waals surface area contributed by atoms with Crippen molar-refractivity contribution in [2.24, 2.45) is 5.92 Å². The predicted molar refractivity (Wildman–Crippen MR) is 80.6 cm³/mol. The molecule has 118 valence electrons. The average Bonchev–Trinajstić information content (AvgIpc) is 3.10. The molecule has 1 aliphatic heterocycles.